The van der Waals surface area contributed by atoms with Gasteiger partial charge in [0.25, 0.3) is 5.91 Å². The van der Waals surface area contributed by atoms with Gasteiger partial charge in [-0.1, -0.05) is 23.8 Å². The Hall–Kier alpha value is -2.36. The molecule has 0 bridgehead atoms. The molecular weight excluding hydrogens is 274 g/mol. The molecule has 1 aliphatic rings. The highest BCUT2D eigenvalue weighted by atomic mass is 16.1. The van der Waals surface area contributed by atoms with Crippen LogP contribution < -0.4 is 5.32 Å². The number of nitrogens with zero attached hydrogens (tertiary/aromatic N) is 1. The molecule has 1 aromatic carbocycles. The molecule has 1 amide bonds. The van der Waals surface area contributed by atoms with Gasteiger partial charge in [0.2, 0.25) is 0 Å². The fourth-order valence-corrected chi connectivity index (χ4v) is 2.79. The average molecular weight is 295 g/mol. The van der Waals surface area contributed by atoms with E-state index in [1.165, 1.54) is 31.3 Å². The van der Waals surface area contributed by atoms with E-state index in [2.05, 4.69) is 21.6 Å². The predicted octanol–water partition coefficient (Wildman–Crippen LogP) is 3.70. The summed E-state index contributed by atoms with van der Waals surface area (Å²) in [5, 5.41) is 9.85. The number of aromatic amines is 1. The molecule has 114 valence electrons. The lowest BCUT2D eigenvalue weighted by atomic mass is 9.97. The van der Waals surface area contributed by atoms with Gasteiger partial charge in [-0.05, 0) is 55.9 Å². The van der Waals surface area contributed by atoms with Gasteiger partial charge < -0.3 is 5.32 Å². The first-order valence-corrected chi connectivity index (χ1v) is 7.89. The van der Waals surface area contributed by atoms with Crippen LogP contribution in [0.4, 0.5) is 0 Å². The van der Waals surface area contributed by atoms with Crippen LogP contribution in [0.3, 0.4) is 0 Å². The zero-order valence-corrected chi connectivity index (χ0v) is 12.6. The standard InChI is InChI=1S/C18H21N3O/c22-18(19-12-10-14-4-2-1-3-5-14)16-8-6-15(7-9-16)17-11-13-20-21-17/h4,6-9,11,13H,1-3,5,10,12H2,(H,19,22)(H,20,21). The Bertz CT molecular complexity index is 641. The van der Waals surface area contributed by atoms with Crippen molar-refractivity contribution in [1.29, 1.82) is 0 Å². The van der Waals surface area contributed by atoms with Crippen molar-refractivity contribution >= 4 is 5.91 Å². The van der Waals surface area contributed by atoms with E-state index in [4.69, 9.17) is 0 Å². The Morgan fingerprint density at radius 1 is 1.18 bits per heavy atom. The Labute approximate surface area is 130 Å². The minimum Gasteiger partial charge on any atom is -0.352 e. The van der Waals surface area contributed by atoms with Crippen molar-refractivity contribution in [3.8, 4) is 11.3 Å². The second-order valence-corrected chi connectivity index (χ2v) is 5.66. The molecule has 1 aromatic heterocycles. The molecule has 0 saturated heterocycles. The van der Waals surface area contributed by atoms with Crippen LogP contribution in [0.5, 0.6) is 0 Å². The van der Waals surface area contributed by atoms with Crippen molar-refractivity contribution in [3.05, 3.63) is 53.7 Å². The lowest BCUT2D eigenvalue weighted by molar-refractivity contribution is 0.0954. The summed E-state index contributed by atoms with van der Waals surface area (Å²) in [6, 6.07) is 9.49. The largest absolute Gasteiger partial charge is 0.352 e. The van der Waals surface area contributed by atoms with Crippen molar-refractivity contribution in [3.63, 3.8) is 0 Å². The summed E-state index contributed by atoms with van der Waals surface area (Å²) in [6.45, 7) is 0.715. The molecule has 3 rings (SSSR count). The Kier molecular flexibility index (Phi) is 4.68. The van der Waals surface area contributed by atoms with Crippen LogP contribution in [0.25, 0.3) is 11.3 Å². The highest BCUT2D eigenvalue weighted by Crippen LogP contribution is 2.19. The maximum absolute atomic E-state index is 12.1. The van der Waals surface area contributed by atoms with Gasteiger partial charge in [-0.15, -0.1) is 0 Å². The van der Waals surface area contributed by atoms with Crippen LogP contribution >= 0.6 is 0 Å². The van der Waals surface area contributed by atoms with Gasteiger partial charge >= 0.3 is 0 Å². The van der Waals surface area contributed by atoms with Gasteiger partial charge in [0, 0.05) is 18.3 Å². The molecule has 0 atom stereocenters. The number of amides is 1. The number of hydrogen-bond acceptors (Lipinski definition) is 2. The van der Waals surface area contributed by atoms with Crippen LogP contribution in [-0.2, 0) is 0 Å². The van der Waals surface area contributed by atoms with E-state index in [1.807, 2.05) is 30.3 Å². The number of aromatic nitrogens is 2. The smallest absolute Gasteiger partial charge is 0.251 e. The molecule has 0 saturated carbocycles. The second-order valence-electron chi connectivity index (χ2n) is 5.66. The zero-order valence-electron chi connectivity index (χ0n) is 12.6. The third-order valence-corrected chi connectivity index (χ3v) is 4.08. The van der Waals surface area contributed by atoms with E-state index in [9.17, 15) is 4.79 Å². The number of nitrogens with one attached hydrogen (secondary N) is 2. The van der Waals surface area contributed by atoms with Crippen molar-refractivity contribution in [1.82, 2.24) is 15.5 Å². The number of carbonyl (C=O) groups is 1. The maximum Gasteiger partial charge on any atom is 0.251 e. The van der Waals surface area contributed by atoms with E-state index < -0.39 is 0 Å². The summed E-state index contributed by atoms with van der Waals surface area (Å²) in [5.74, 6) is -0.00688. The van der Waals surface area contributed by atoms with Crippen molar-refractivity contribution < 1.29 is 4.79 Å². The predicted molar refractivity (Wildman–Crippen MR) is 87.5 cm³/mol. The minimum atomic E-state index is -0.00688. The maximum atomic E-state index is 12.1. The topological polar surface area (TPSA) is 57.8 Å². The number of rotatable bonds is 5. The first-order valence-electron chi connectivity index (χ1n) is 7.89. The van der Waals surface area contributed by atoms with Gasteiger partial charge in [-0.25, -0.2) is 0 Å². The van der Waals surface area contributed by atoms with Crippen molar-refractivity contribution in [2.45, 2.75) is 32.1 Å². The van der Waals surface area contributed by atoms with Crippen LogP contribution in [0, 0.1) is 0 Å². The summed E-state index contributed by atoms with van der Waals surface area (Å²) in [4.78, 5) is 12.1. The molecule has 0 unspecified atom stereocenters. The molecule has 0 fully saturated rings. The molecular formula is C18H21N3O. The average Bonchev–Trinajstić information content (AvgIpc) is 3.10. The van der Waals surface area contributed by atoms with Crippen LogP contribution in [0.15, 0.2) is 48.2 Å². The minimum absolute atomic E-state index is 0.00688. The first-order chi connectivity index (χ1) is 10.8. The van der Waals surface area contributed by atoms with Gasteiger partial charge in [0.15, 0.2) is 0 Å². The van der Waals surface area contributed by atoms with Gasteiger partial charge in [-0.3, -0.25) is 9.89 Å². The molecule has 4 heteroatoms. The summed E-state index contributed by atoms with van der Waals surface area (Å²) in [7, 11) is 0. The number of H-pyrrole nitrogens is 1. The number of carbonyl (C=O) groups excluding carboxylic acids is 1. The van der Waals surface area contributed by atoms with Gasteiger partial charge in [0.1, 0.15) is 0 Å². The fourth-order valence-electron chi connectivity index (χ4n) is 2.79. The van der Waals surface area contributed by atoms with E-state index in [0.29, 0.717) is 12.1 Å². The van der Waals surface area contributed by atoms with Crippen LogP contribution in [0.2, 0.25) is 0 Å². The molecule has 1 heterocycles. The van der Waals surface area contributed by atoms with Gasteiger partial charge in [-0.2, -0.15) is 5.10 Å². The van der Waals surface area contributed by atoms with E-state index in [1.54, 1.807) is 6.20 Å². The summed E-state index contributed by atoms with van der Waals surface area (Å²) in [5.41, 5.74) is 4.17. The summed E-state index contributed by atoms with van der Waals surface area (Å²) < 4.78 is 0. The Morgan fingerprint density at radius 3 is 2.73 bits per heavy atom. The Balaban J connectivity index is 1.52. The highest BCUT2D eigenvalue weighted by Gasteiger charge is 2.07. The summed E-state index contributed by atoms with van der Waals surface area (Å²) >= 11 is 0. The molecule has 0 aliphatic heterocycles. The molecule has 4 nitrogen and oxygen atoms in total. The fraction of sp³-hybridized carbons (Fsp3) is 0.333. The molecule has 22 heavy (non-hydrogen) atoms. The highest BCUT2D eigenvalue weighted by molar-refractivity contribution is 5.94. The molecule has 0 radical (unpaired) electrons. The third kappa shape index (κ3) is 3.64. The van der Waals surface area contributed by atoms with Gasteiger partial charge in [0.05, 0.1) is 5.69 Å². The van der Waals surface area contributed by atoms with E-state index in [-0.39, 0.29) is 5.91 Å². The molecule has 2 N–H and O–H groups in total. The SMILES string of the molecule is O=C(NCCC1=CCCCC1)c1ccc(-c2ccn[nH]2)cc1. The Morgan fingerprint density at radius 2 is 2.05 bits per heavy atom. The van der Waals surface area contributed by atoms with Crippen molar-refractivity contribution in [2.24, 2.45) is 0 Å². The number of hydrogen-bond donors (Lipinski definition) is 2. The van der Waals surface area contributed by atoms with Crippen molar-refractivity contribution in [2.75, 3.05) is 6.54 Å². The van der Waals surface area contributed by atoms with Crippen LogP contribution in [0.1, 0.15) is 42.5 Å². The van der Waals surface area contributed by atoms with E-state index in [0.717, 1.165) is 17.7 Å². The lowest BCUT2D eigenvalue weighted by Crippen LogP contribution is -2.24. The van der Waals surface area contributed by atoms with Crippen LogP contribution in [-0.4, -0.2) is 22.6 Å². The lowest BCUT2D eigenvalue weighted by Gasteiger charge is -2.13. The normalized spacial score (nSPS) is 14.5. The summed E-state index contributed by atoms with van der Waals surface area (Å²) in [6.07, 6.45) is 9.99. The molecule has 0 spiro atoms. The zero-order chi connectivity index (χ0) is 15.2. The molecule has 2 aromatic rings. The number of allylic oxidation sites excluding steroid dienone is 1. The monoisotopic (exact) mass is 295 g/mol. The quantitative estimate of drug-likeness (QED) is 0.826. The third-order valence-electron chi connectivity index (χ3n) is 4.08. The first kappa shape index (κ1) is 14.6. The number of benzene rings is 1. The second kappa shape index (κ2) is 7.07. The molecule has 1 aliphatic carbocycles. The van der Waals surface area contributed by atoms with E-state index >= 15 is 0 Å².